The number of hydrogen-bond donors (Lipinski definition) is 1. The maximum absolute atomic E-state index is 11.0. The molecule has 158 valence electrons. The van der Waals surface area contributed by atoms with E-state index in [-0.39, 0.29) is 5.56 Å². The Morgan fingerprint density at radius 3 is 2.56 bits per heavy atom. The molecule has 0 aromatic heterocycles. The number of fused-ring (bicyclic) bond motifs is 1. The number of hydrogen-bond acceptors (Lipinski definition) is 2. The van der Waals surface area contributed by atoms with Crippen LogP contribution < -0.4 is 4.74 Å². The largest absolute Gasteiger partial charge is 0.489 e. The van der Waals surface area contributed by atoms with E-state index in [0.29, 0.717) is 12.5 Å². The van der Waals surface area contributed by atoms with E-state index in [4.69, 9.17) is 21.4 Å². The van der Waals surface area contributed by atoms with Gasteiger partial charge in [-0.15, -0.1) is 0 Å². The predicted octanol–water partition coefficient (Wildman–Crippen LogP) is 6.92. The van der Waals surface area contributed by atoms with Gasteiger partial charge in [0.25, 0.3) is 0 Å². The zero-order valence-electron chi connectivity index (χ0n) is 17.3. The summed E-state index contributed by atoms with van der Waals surface area (Å²) in [6.45, 7) is 4.67. The molecule has 0 bridgehead atoms. The molecule has 0 aliphatic heterocycles. The number of carbonyl (C=O) groups is 1. The average Bonchev–Trinajstić information content (AvgIpc) is 3.59. The summed E-state index contributed by atoms with van der Waals surface area (Å²) < 4.78 is 5.94. The van der Waals surface area contributed by atoms with E-state index in [1.807, 2.05) is 18.2 Å². The van der Waals surface area contributed by atoms with Gasteiger partial charge in [0.15, 0.2) is 0 Å². The van der Waals surface area contributed by atoms with Crippen LogP contribution in [0.25, 0.3) is 11.6 Å². The van der Waals surface area contributed by atoms with Crippen molar-refractivity contribution < 1.29 is 14.6 Å². The van der Waals surface area contributed by atoms with Crippen LogP contribution in [0.15, 0.2) is 85.0 Å². The standard InChI is InChI=1S/C28H21ClO3/c1-17-23(12-22-9-8-21(15-27(22)29)19-6-7-19)13-24-14-25(10-11-26(17)24)32-16-18-2-4-20(5-3-18)28(30)31/h2-12,14-15,19H,1,13,16H2,(H,30,31)/b23-12+. The molecule has 4 heteroatoms. The number of benzene rings is 3. The molecule has 0 radical (unpaired) electrons. The molecule has 3 aromatic rings. The summed E-state index contributed by atoms with van der Waals surface area (Å²) in [5.74, 6) is 0.283. The lowest BCUT2D eigenvalue weighted by Gasteiger charge is -2.08. The third-order valence-corrected chi connectivity index (χ3v) is 6.23. The van der Waals surface area contributed by atoms with E-state index < -0.39 is 5.97 Å². The van der Waals surface area contributed by atoms with E-state index in [1.165, 1.54) is 11.1 Å². The van der Waals surface area contributed by atoms with E-state index in [0.717, 1.165) is 45.0 Å². The van der Waals surface area contributed by atoms with Gasteiger partial charge in [-0.1, -0.05) is 60.7 Å². The monoisotopic (exact) mass is 440 g/mol. The number of halogens is 1. The minimum Gasteiger partial charge on any atom is -0.489 e. The molecule has 3 aromatic carbocycles. The van der Waals surface area contributed by atoms with Crippen molar-refractivity contribution in [1.29, 1.82) is 0 Å². The zero-order valence-corrected chi connectivity index (χ0v) is 18.1. The fourth-order valence-corrected chi connectivity index (χ4v) is 4.21. The van der Waals surface area contributed by atoms with Gasteiger partial charge >= 0.3 is 5.97 Å². The van der Waals surface area contributed by atoms with Gasteiger partial charge in [0.2, 0.25) is 0 Å². The minimum absolute atomic E-state index is 0.267. The summed E-state index contributed by atoms with van der Waals surface area (Å²) in [4.78, 5) is 11.0. The summed E-state index contributed by atoms with van der Waals surface area (Å²) in [6, 6.07) is 19.0. The van der Waals surface area contributed by atoms with Crippen molar-refractivity contribution in [3.8, 4) is 5.75 Å². The lowest BCUT2D eigenvalue weighted by Crippen LogP contribution is -1.99. The Morgan fingerprint density at radius 1 is 1.09 bits per heavy atom. The highest BCUT2D eigenvalue weighted by molar-refractivity contribution is 6.32. The van der Waals surface area contributed by atoms with Crippen molar-refractivity contribution in [3.05, 3.63) is 123 Å². The van der Waals surface area contributed by atoms with Crippen molar-refractivity contribution >= 4 is 29.2 Å². The SMILES string of the molecule is C=C1/C(=C/c2ccc(C3C=C3)cc2Cl)Cc2cc(OCc3ccc(C(=O)O)cc3)ccc21. The van der Waals surface area contributed by atoms with E-state index in [9.17, 15) is 4.79 Å². The number of ether oxygens (including phenoxy) is 1. The molecule has 0 saturated carbocycles. The average molecular weight is 441 g/mol. The second-order valence-electron chi connectivity index (χ2n) is 8.13. The van der Waals surface area contributed by atoms with Crippen LogP contribution in [0.3, 0.4) is 0 Å². The molecule has 2 aliphatic rings. The van der Waals surface area contributed by atoms with Crippen molar-refractivity contribution in [1.82, 2.24) is 0 Å². The molecule has 0 atom stereocenters. The highest BCUT2D eigenvalue weighted by Gasteiger charge is 2.21. The molecule has 0 heterocycles. The summed E-state index contributed by atoms with van der Waals surface area (Å²) in [7, 11) is 0. The van der Waals surface area contributed by atoms with Crippen LogP contribution in [0, 0.1) is 0 Å². The van der Waals surface area contributed by atoms with E-state index >= 15 is 0 Å². The van der Waals surface area contributed by atoms with Crippen LogP contribution in [0.4, 0.5) is 0 Å². The fourth-order valence-electron chi connectivity index (χ4n) is 3.97. The van der Waals surface area contributed by atoms with Crippen LogP contribution >= 0.6 is 11.6 Å². The lowest BCUT2D eigenvalue weighted by molar-refractivity contribution is 0.0697. The van der Waals surface area contributed by atoms with Crippen LogP contribution in [0.2, 0.25) is 5.02 Å². The topological polar surface area (TPSA) is 46.5 Å². The molecule has 0 amide bonds. The quantitative estimate of drug-likeness (QED) is 0.423. The van der Waals surface area contributed by atoms with Crippen molar-refractivity contribution in [2.45, 2.75) is 18.9 Å². The van der Waals surface area contributed by atoms with Crippen molar-refractivity contribution in [2.24, 2.45) is 0 Å². The summed E-state index contributed by atoms with van der Waals surface area (Å²) in [5, 5.41) is 9.76. The third kappa shape index (κ3) is 4.12. The molecule has 3 nitrogen and oxygen atoms in total. The first kappa shape index (κ1) is 20.3. The van der Waals surface area contributed by atoms with Crippen molar-refractivity contribution in [3.63, 3.8) is 0 Å². The van der Waals surface area contributed by atoms with E-state index in [1.54, 1.807) is 24.3 Å². The smallest absolute Gasteiger partial charge is 0.335 e. The molecule has 0 spiro atoms. The molecule has 2 aliphatic carbocycles. The second-order valence-corrected chi connectivity index (χ2v) is 8.53. The fraction of sp³-hybridized carbons (Fsp3) is 0.107. The number of carboxylic acid groups (broad SMARTS) is 1. The first-order valence-electron chi connectivity index (χ1n) is 10.4. The number of aromatic carboxylic acids is 1. The van der Waals surface area contributed by atoms with Gasteiger partial charge in [-0.05, 0) is 81.8 Å². The van der Waals surface area contributed by atoms with Crippen LogP contribution in [-0.4, -0.2) is 11.1 Å². The van der Waals surface area contributed by atoms with Gasteiger partial charge in [0.05, 0.1) is 5.56 Å². The Balaban J connectivity index is 1.30. The Morgan fingerprint density at radius 2 is 1.88 bits per heavy atom. The molecule has 5 rings (SSSR count). The summed E-state index contributed by atoms with van der Waals surface area (Å²) in [6.07, 6.45) is 7.22. The molecule has 32 heavy (non-hydrogen) atoms. The van der Waals surface area contributed by atoms with Crippen LogP contribution in [0.1, 0.15) is 44.1 Å². The lowest BCUT2D eigenvalue weighted by atomic mass is 10.0. The Hall–Kier alpha value is -3.56. The molecule has 0 fully saturated rings. The van der Waals surface area contributed by atoms with Crippen LogP contribution in [-0.2, 0) is 13.0 Å². The molecular formula is C28H21ClO3. The highest BCUT2D eigenvalue weighted by atomic mass is 35.5. The minimum atomic E-state index is -0.933. The van der Waals surface area contributed by atoms with Gasteiger partial charge in [-0.25, -0.2) is 4.79 Å². The molecule has 0 saturated heterocycles. The normalized spacial score (nSPS) is 15.8. The maximum atomic E-state index is 11.0. The second kappa shape index (κ2) is 8.18. The van der Waals surface area contributed by atoms with Crippen molar-refractivity contribution in [2.75, 3.05) is 0 Å². The third-order valence-electron chi connectivity index (χ3n) is 5.90. The zero-order chi connectivity index (χ0) is 22.2. The van der Waals surface area contributed by atoms with E-state index in [2.05, 4.69) is 43.0 Å². The van der Waals surface area contributed by atoms with Gasteiger partial charge in [-0.3, -0.25) is 0 Å². The highest BCUT2D eigenvalue weighted by Crippen LogP contribution is 2.39. The molecule has 0 unspecified atom stereocenters. The Labute approximate surface area is 191 Å². The number of carboxylic acids is 1. The Kier molecular flexibility index (Phi) is 5.20. The summed E-state index contributed by atoms with van der Waals surface area (Å²) >= 11 is 6.54. The number of rotatable bonds is 6. The van der Waals surface area contributed by atoms with Gasteiger partial charge in [0.1, 0.15) is 12.4 Å². The summed E-state index contributed by atoms with van der Waals surface area (Å²) in [5.41, 5.74) is 7.88. The molecule has 1 N–H and O–H groups in total. The van der Waals surface area contributed by atoms with Crippen LogP contribution in [0.5, 0.6) is 5.75 Å². The number of allylic oxidation sites excluding steroid dienone is 4. The first-order chi connectivity index (χ1) is 15.5. The first-order valence-corrected chi connectivity index (χ1v) is 10.8. The van der Waals surface area contributed by atoms with Gasteiger partial charge < -0.3 is 9.84 Å². The molecular weight excluding hydrogens is 420 g/mol. The Bertz CT molecular complexity index is 1290. The predicted molar refractivity (Wildman–Crippen MR) is 128 cm³/mol. The van der Waals surface area contributed by atoms with Gasteiger partial charge in [0, 0.05) is 10.9 Å². The van der Waals surface area contributed by atoms with Gasteiger partial charge in [-0.2, -0.15) is 0 Å². The maximum Gasteiger partial charge on any atom is 0.335 e.